The second-order valence-corrected chi connectivity index (χ2v) is 5.65. The average molecular weight is 325 g/mol. The fraction of sp³-hybridized carbons (Fsp3) is 0.211. The number of amides is 1. The smallest absolute Gasteiger partial charge is 0.407 e. The molecular formula is C19H19NO2S. The Morgan fingerprint density at radius 2 is 2.00 bits per heavy atom. The zero-order chi connectivity index (χ0) is 16.3. The molecule has 0 radical (unpaired) electrons. The van der Waals surface area contributed by atoms with Gasteiger partial charge in [0.1, 0.15) is 6.61 Å². The first kappa shape index (κ1) is 17.0. The van der Waals surface area contributed by atoms with E-state index in [2.05, 4.69) is 29.3 Å². The number of ether oxygens (including phenoxy) is 1. The summed E-state index contributed by atoms with van der Waals surface area (Å²) >= 11 is 1.69. The van der Waals surface area contributed by atoms with Gasteiger partial charge >= 0.3 is 6.09 Å². The van der Waals surface area contributed by atoms with Crippen LogP contribution in [-0.2, 0) is 11.3 Å². The molecule has 2 aromatic rings. The van der Waals surface area contributed by atoms with E-state index in [-0.39, 0.29) is 6.61 Å². The van der Waals surface area contributed by atoms with Crippen LogP contribution in [0.2, 0.25) is 0 Å². The number of nitrogens with one attached hydrogen (secondary N) is 1. The van der Waals surface area contributed by atoms with Crippen molar-refractivity contribution in [2.75, 3.05) is 12.8 Å². The van der Waals surface area contributed by atoms with E-state index < -0.39 is 6.09 Å². The normalized spacial score (nSPS) is 9.61. The molecule has 0 unspecified atom stereocenters. The molecule has 0 aliphatic carbocycles. The van der Waals surface area contributed by atoms with Crippen LogP contribution in [0.5, 0.6) is 0 Å². The first-order valence-corrected chi connectivity index (χ1v) is 8.58. The molecule has 0 atom stereocenters. The van der Waals surface area contributed by atoms with E-state index >= 15 is 0 Å². The fourth-order valence-electron chi connectivity index (χ4n) is 1.87. The van der Waals surface area contributed by atoms with Crippen molar-refractivity contribution in [1.29, 1.82) is 0 Å². The summed E-state index contributed by atoms with van der Waals surface area (Å²) in [5, 5.41) is 2.69. The molecule has 0 saturated carbocycles. The number of hydrogen-bond acceptors (Lipinski definition) is 3. The highest BCUT2D eigenvalue weighted by molar-refractivity contribution is 7.98. The van der Waals surface area contributed by atoms with E-state index in [0.29, 0.717) is 13.0 Å². The molecule has 0 bridgehead atoms. The molecule has 0 aliphatic heterocycles. The quantitative estimate of drug-likeness (QED) is 0.511. The fourth-order valence-corrected chi connectivity index (χ4v) is 2.33. The zero-order valence-electron chi connectivity index (χ0n) is 13.0. The predicted molar refractivity (Wildman–Crippen MR) is 94.3 cm³/mol. The number of benzene rings is 2. The molecule has 23 heavy (non-hydrogen) atoms. The van der Waals surface area contributed by atoms with Gasteiger partial charge in [0.2, 0.25) is 0 Å². The van der Waals surface area contributed by atoms with Gasteiger partial charge < -0.3 is 10.1 Å². The molecule has 0 saturated heterocycles. The van der Waals surface area contributed by atoms with Crippen LogP contribution in [0.25, 0.3) is 0 Å². The van der Waals surface area contributed by atoms with Gasteiger partial charge in [0.25, 0.3) is 0 Å². The van der Waals surface area contributed by atoms with E-state index in [1.54, 1.807) is 11.8 Å². The van der Waals surface area contributed by atoms with Crippen LogP contribution < -0.4 is 5.32 Å². The van der Waals surface area contributed by atoms with Crippen LogP contribution in [0.4, 0.5) is 4.79 Å². The molecule has 118 valence electrons. The Morgan fingerprint density at radius 1 is 1.17 bits per heavy atom. The summed E-state index contributed by atoms with van der Waals surface area (Å²) in [6, 6.07) is 17.7. The van der Waals surface area contributed by atoms with Gasteiger partial charge in [-0.1, -0.05) is 48.2 Å². The maximum Gasteiger partial charge on any atom is 0.407 e. The topological polar surface area (TPSA) is 38.3 Å². The molecule has 0 aromatic heterocycles. The Kier molecular flexibility index (Phi) is 7.09. The number of carbonyl (C=O) groups is 1. The van der Waals surface area contributed by atoms with E-state index in [4.69, 9.17) is 4.74 Å². The molecule has 4 heteroatoms. The van der Waals surface area contributed by atoms with Crippen LogP contribution in [0.1, 0.15) is 17.5 Å². The summed E-state index contributed by atoms with van der Waals surface area (Å²) in [7, 11) is 0. The van der Waals surface area contributed by atoms with Gasteiger partial charge in [-0.2, -0.15) is 0 Å². The number of hydrogen-bond donors (Lipinski definition) is 1. The zero-order valence-corrected chi connectivity index (χ0v) is 13.9. The largest absolute Gasteiger partial charge is 0.445 e. The lowest BCUT2D eigenvalue weighted by atomic mass is 10.2. The third kappa shape index (κ3) is 6.50. The molecule has 1 N–H and O–H groups in total. The van der Waals surface area contributed by atoms with Crippen LogP contribution in [0, 0.1) is 11.8 Å². The Hall–Kier alpha value is -2.38. The van der Waals surface area contributed by atoms with Crippen molar-refractivity contribution in [2.24, 2.45) is 0 Å². The highest BCUT2D eigenvalue weighted by Crippen LogP contribution is 2.15. The summed E-state index contributed by atoms with van der Waals surface area (Å²) < 4.78 is 5.12. The SMILES string of the molecule is CSc1cccc(C#CCCNC(=O)OCc2ccccc2)c1. The lowest BCUT2D eigenvalue weighted by Gasteiger charge is -2.05. The standard InChI is InChI=1S/C19H19NO2S/c1-23-18-12-7-11-16(14-18)8-5-6-13-20-19(21)22-15-17-9-3-2-4-10-17/h2-4,7,9-12,14H,6,13,15H2,1H3,(H,20,21). The van der Waals surface area contributed by atoms with Gasteiger partial charge in [0, 0.05) is 23.4 Å². The maximum absolute atomic E-state index is 11.5. The van der Waals surface area contributed by atoms with Crippen molar-refractivity contribution in [3.63, 3.8) is 0 Å². The minimum Gasteiger partial charge on any atom is -0.445 e. The molecular weight excluding hydrogens is 306 g/mol. The Labute approximate surface area is 141 Å². The minimum absolute atomic E-state index is 0.278. The van der Waals surface area contributed by atoms with Gasteiger partial charge in [0.15, 0.2) is 0 Å². The summed E-state index contributed by atoms with van der Waals surface area (Å²) in [5.41, 5.74) is 1.96. The molecule has 0 aliphatic rings. The lowest BCUT2D eigenvalue weighted by Crippen LogP contribution is -2.24. The van der Waals surface area contributed by atoms with Gasteiger partial charge in [-0.05, 0) is 30.0 Å². The third-order valence-corrected chi connectivity index (χ3v) is 3.76. The first-order chi connectivity index (χ1) is 11.3. The average Bonchev–Trinajstić information content (AvgIpc) is 2.61. The molecule has 3 nitrogen and oxygen atoms in total. The van der Waals surface area contributed by atoms with E-state index in [1.807, 2.05) is 48.7 Å². The van der Waals surface area contributed by atoms with E-state index in [1.165, 1.54) is 4.90 Å². The molecule has 2 aromatic carbocycles. The van der Waals surface area contributed by atoms with Crippen LogP contribution in [0.3, 0.4) is 0 Å². The Morgan fingerprint density at radius 3 is 2.78 bits per heavy atom. The lowest BCUT2D eigenvalue weighted by molar-refractivity contribution is 0.140. The second-order valence-electron chi connectivity index (χ2n) is 4.77. The van der Waals surface area contributed by atoms with Gasteiger partial charge in [-0.3, -0.25) is 0 Å². The second kappa shape index (κ2) is 9.60. The van der Waals surface area contributed by atoms with E-state index in [0.717, 1.165) is 11.1 Å². The summed E-state index contributed by atoms with van der Waals surface area (Å²) in [6.07, 6.45) is 2.21. The first-order valence-electron chi connectivity index (χ1n) is 7.35. The number of thioether (sulfide) groups is 1. The van der Waals surface area contributed by atoms with Gasteiger partial charge in [0.05, 0.1) is 0 Å². The highest BCUT2D eigenvalue weighted by Gasteiger charge is 2.00. The van der Waals surface area contributed by atoms with Gasteiger partial charge in [-0.15, -0.1) is 11.8 Å². The monoisotopic (exact) mass is 325 g/mol. The summed E-state index contributed by atoms with van der Waals surface area (Å²) in [4.78, 5) is 12.7. The summed E-state index contributed by atoms with van der Waals surface area (Å²) in [5.74, 6) is 6.15. The van der Waals surface area contributed by atoms with Crippen molar-refractivity contribution in [1.82, 2.24) is 5.32 Å². The number of rotatable bonds is 5. The molecule has 0 spiro atoms. The van der Waals surface area contributed by atoms with Crippen molar-refractivity contribution in [3.8, 4) is 11.8 Å². The van der Waals surface area contributed by atoms with E-state index in [9.17, 15) is 4.79 Å². The minimum atomic E-state index is -0.417. The Bertz CT molecular complexity index is 689. The van der Waals surface area contributed by atoms with Crippen molar-refractivity contribution in [2.45, 2.75) is 17.9 Å². The van der Waals surface area contributed by atoms with Crippen LogP contribution in [0.15, 0.2) is 59.5 Å². The van der Waals surface area contributed by atoms with Crippen LogP contribution in [-0.4, -0.2) is 18.9 Å². The highest BCUT2D eigenvalue weighted by atomic mass is 32.2. The van der Waals surface area contributed by atoms with Crippen LogP contribution >= 0.6 is 11.8 Å². The molecule has 0 heterocycles. The molecule has 1 amide bonds. The third-order valence-electron chi connectivity index (χ3n) is 3.03. The summed E-state index contributed by atoms with van der Waals surface area (Å²) in [6.45, 7) is 0.753. The molecule has 2 rings (SSSR count). The van der Waals surface area contributed by atoms with Crippen molar-refractivity contribution >= 4 is 17.9 Å². The maximum atomic E-state index is 11.5. The van der Waals surface area contributed by atoms with Gasteiger partial charge in [-0.25, -0.2) is 4.79 Å². The Balaban J connectivity index is 1.67. The van der Waals surface area contributed by atoms with Crippen molar-refractivity contribution < 1.29 is 9.53 Å². The number of alkyl carbamates (subject to hydrolysis) is 1. The predicted octanol–water partition coefficient (Wildman–Crippen LogP) is 4.08. The number of carbonyl (C=O) groups excluding carboxylic acids is 1. The molecule has 0 fully saturated rings. The van der Waals surface area contributed by atoms with Crippen molar-refractivity contribution in [3.05, 3.63) is 65.7 Å².